The highest BCUT2D eigenvalue weighted by Crippen LogP contribution is 2.38. The van der Waals surface area contributed by atoms with E-state index < -0.39 is 23.6 Å². The third-order valence-electron chi connectivity index (χ3n) is 4.21. The van der Waals surface area contributed by atoms with Gasteiger partial charge in [0.05, 0.1) is 18.2 Å². The fraction of sp³-hybridized carbons (Fsp3) is 0.412. The number of nitrogens with one attached hydrogen (secondary N) is 1. The molecule has 1 atom stereocenters. The van der Waals surface area contributed by atoms with Gasteiger partial charge >= 0.3 is 5.97 Å². The van der Waals surface area contributed by atoms with Gasteiger partial charge in [-0.05, 0) is 45.0 Å². The van der Waals surface area contributed by atoms with Crippen LogP contribution in [-0.4, -0.2) is 28.6 Å². The first-order valence-corrected chi connectivity index (χ1v) is 8.27. The van der Waals surface area contributed by atoms with Gasteiger partial charge in [0.25, 0.3) is 0 Å². The summed E-state index contributed by atoms with van der Waals surface area (Å²) in [5, 5.41) is 3.46. The molecule has 1 aliphatic heterocycles. The molecular weight excluding hydrogens is 334 g/mol. The molecular formula is C17H18F2N2O2S. The fourth-order valence-electron chi connectivity index (χ4n) is 2.97. The van der Waals surface area contributed by atoms with E-state index in [-0.39, 0.29) is 18.2 Å². The zero-order chi connectivity index (χ0) is 17.4. The summed E-state index contributed by atoms with van der Waals surface area (Å²) in [7, 11) is 0. The number of allylic oxidation sites excluding steroid dienone is 1. The third-order valence-corrected chi connectivity index (χ3v) is 4.52. The molecule has 0 spiro atoms. The number of hydrogen-bond acceptors (Lipinski definition) is 3. The minimum absolute atomic E-state index is 0.164. The van der Waals surface area contributed by atoms with Crippen LogP contribution in [0.5, 0.6) is 0 Å². The van der Waals surface area contributed by atoms with Crippen molar-refractivity contribution in [3.63, 3.8) is 0 Å². The Labute approximate surface area is 144 Å². The number of thiocarbonyl (C=S) groups is 1. The minimum atomic E-state index is -0.799. The molecule has 4 nitrogen and oxygen atoms in total. The molecule has 1 saturated carbocycles. The van der Waals surface area contributed by atoms with Gasteiger partial charge < -0.3 is 15.0 Å². The van der Waals surface area contributed by atoms with Crippen molar-refractivity contribution in [2.24, 2.45) is 0 Å². The van der Waals surface area contributed by atoms with Crippen molar-refractivity contribution >= 4 is 23.3 Å². The molecule has 7 heteroatoms. The Morgan fingerprint density at radius 3 is 2.71 bits per heavy atom. The molecule has 0 amide bonds. The van der Waals surface area contributed by atoms with Crippen LogP contribution in [-0.2, 0) is 9.53 Å². The number of nitrogens with zero attached hydrogens (tertiary/aromatic N) is 1. The van der Waals surface area contributed by atoms with Crippen molar-refractivity contribution in [1.29, 1.82) is 0 Å². The van der Waals surface area contributed by atoms with E-state index in [0.717, 1.165) is 25.0 Å². The lowest BCUT2D eigenvalue weighted by atomic mass is 9.94. The monoisotopic (exact) mass is 352 g/mol. The van der Waals surface area contributed by atoms with Crippen molar-refractivity contribution in [3.8, 4) is 0 Å². The summed E-state index contributed by atoms with van der Waals surface area (Å²) >= 11 is 5.40. The van der Waals surface area contributed by atoms with E-state index in [4.69, 9.17) is 17.0 Å². The maximum atomic E-state index is 14.3. The number of carbonyl (C=O) groups excluding carboxylic acids is 1. The Morgan fingerprint density at radius 2 is 2.12 bits per heavy atom. The number of rotatable bonds is 4. The lowest BCUT2D eigenvalue weighted by Gasteiger charge is -2.37. The van der Waals surface area contributed by atoms with Crippen molar-refractivity contribution in [2.45, 2.75) is 38.8 Å². The van der Waals surface area contributed by atoms with E-state index >= 15 is 0 Å². The van der Waals surface area contributed by atoms with Crippen molar-refractivity contribution in [2.75, 3.05) is 6.61 Å². The predicted octanol–water partition coefficient (Wildman–Crippen LogP) is 3.20. The van der Waals surface area contributed by atoms with Crippen molar-refractivity contribution in [1.82, 2.24) is 10.2 Å². The topological polar surface area (TPSA) is 41.6 Å². The van der Waals surface area contributed by atoms with Crippen LogP contribution in [0, 0.1) is 11.6 Å². The van der Waals surface area contributed by atoms with Gasteiger partial charge in [0, 0.05) is 23.4 Å². The lowest BCUT2D eigenvalue weighted by Crippen LogP contribution is -2.49. The van der Waals surface area contributed by atoms with E-state index in [1.807, 2.05) is 4.90 Å². The van der Waals surface area contributed by atoms with Crippen LogP contribution < -0.4 is 5.32 Å². The van der Waals surface area contributed by atoms with Gasteiger partial charge in [0.1, 0.15) is 11.6 Å². The second-order valence-electron chi connectivity index (χ2n) is 5.87. The zero-order valence-electron chi connectivity index (χ0n) is 13.4. The summed E-state index contributed by atoms with van der Waals surface area (Å²) in [5.41, 5.74) is 1.13. The van der Waals surface area contributed by atoms with Crippen LogP contribution in [0.15, 0.2) is 29.5 Å². The van der Waals surface area contributed by atoms with Gasteiger partial charge in [0.15, 0.2) is 5.11 Å². The Bertz CT molecular complexity index is 731. The molecule has 0 aromatic heterocycles. The summed E-state index contributed by atoms with van der Waals surface area (Å²) in [6.45, 7) is 3.70. The molecule has 128 valence electrons. The highest BCUT2D eigenvalue weighted by atomic mass is 32.1. The number of hydrogen-bond donors (Lipinski definition) is 1. The molecule has 1 N–H and O–H groups in total. The van der Waals surface area contributed by atoms with Gasteiger partial charge in [-0.2, -0.15) is 0 Å². The smallest absolute Gasteiger partial charge is 0.338 e. The number of halogens is 2. The highest BCUT2D eigenvalue weighted by Gasteiger charge is 2.41. The van der Waals surface area contributed by atoms with Crippen LogP contribution in [0.2, 0.25) is 0 Å². The SMILES string of the molecule is CCOC(=O)C1=C(C)N(C2CC2)C(=S)N[C@H]1c1ccc(F)cc1F. The number of carbonyl (C=O) groups is 1. The van der Waals surface area contributed by atoms with Crippen LogP contribution in [0.3, 0.4) is 0 Å². The highest BCUT2D eigenvalue weighted by molar-refractivity contribution is 7.80. The normalized spacial score (nSPS) is 20.9. The standard InChI is InChI=1S/C17H18F2N2O2S/c1-3-23-16(22)14-9(2)21(11-5-6-11)17(24)20-15(14)12-7-4-10(18)8-13(12)19/h4,7-8,11,15H,3,5-6H2,1-2H3,(H,20,24)/t15-/m0/s1. The molecule has 0 unspecified atom stereocenters. The summed E-state index contributed by atoms with van der Waals surface area (Å²) in [6.07, 6.45) is 1.98. The average molecular weight is 352 g/mol. The first-order valence-electron chi connectivity index (χ1n) is 7.86. The first kappa shape index (κ1) is 16.8. The summed E-state index contributed by atoms with van der Waals surface area (Å²) < 4.78 is 32.6. The van der Waals surface area contributed by atoms with Gasteiger partial charge in [0.2, 0.25) is 0 Å². The zero-order valence-corrected chi connectivity index (χ0v) is 14.3. The van der Waals surface area contributed by atoms with Crippen LogP contribution in [0.25, 0.3) is 0 Å². The Balaban J connectivity index is 2.09. The molecule has 1 aliphatic carbocycles. The predicted molar refractivity (Wildman–Crippen MR) is 89.0 cm³/mol. The molecule has 24 heavy (non-hydrogen) atoms. The second kappa shape index (κ2) is 6.47. The molecule has 0 radical (unpaired) electrons. The van der Waals surface area contributed by atoms with Crippen LogP contribution in [0.1, 0.15) is 38.3 Å². The number of esters is 1. The molecule has 2 aliphatic rings. The summed E-state index contributed by atoms with van der Waals surface area (Å²) in [6, 6.07) is 2.74. The van der Waals surface area contributed by atoms with Crippen LogP contribution >= 0.6 is 12.2 Å². The van der Waals surface area contributed by atoms with E-state index in [1.165, 1.54) is 6.07 Å². The summed E-state index contributed by atoms with van der Waals surface area (Å²) in [4.78, 5) is 14.4. The van der Waals surface area contributed by atoms with Gasteiger partial charge in [-0.3, -0.25) is 0 Å². The quantitative estimate of drug-likeness (QED) is 0.666. The number of ether oxygens (including phenoxy) is 1. The Kier molecular flexibility index (Phi) is 4.54. The maximum Gasteiger partial charge on any atom is 0.338 e. The molecule has 0 saturated heterocycles. The Morgan fingerprint density at radius 1 is 1.42 bits per heavy atom. The largest absolute Gasteiger partial charge is 0.463 e. The maximum absolute atomic E-state index is 14.3. The first-order chi connectivity index (χ1) is 11.4. The fourth-order valence-corrected chi connectivity index (χ4v) is 3.38. The summed E-state index contributed by atoms with van der Waals surface area (Å²) in [5.74, 6) is -1.93. The minimum Gasteiger partial charge on any atom is -0.463 e. The third kappa shape index (κ3) is 3.00. The van der Waals surface area contributed by atoms with E-state index in [1.54, 1.807) is 13.8 Å². The van der Waals surface area contributed by atoms with Crippen molar-refractivity contribution in [3.05, 3.63) is 46.7 Å². The van der Waals surface area contributed by atoms with Gasteiger partial charge in [-0.15, -0.1) is 0 Å². The molecule has 1 aromatic rings. The van der Waals surface area contributed by atoms with Crippen molar-refractivity contribution < 1.29 is 18.3 Å². The van der Waals surface area contributed by atoms with Crippen LogP contribution in [0.4, 0.5) is 8.78 Å². The van der Waals surface area contributed by atoms with E-state index in [2.05, 4.69) is 5.32 Å². The van der Waals surface area contributed by atoms with E-state index in [9.17, 15) is 13.6 Å². The molecule has 1 aromatic carbocycles. The second-order valence-corrected chi connectivity index (χ2v) is 6.26. The Hall–Kier alpha value is -2.02. The van der Waals surface area contributed by atoms with Gasteiger partial charge in [-0.1, -0.05) is 6.07 Å². The lowest BCUT2D eigenvalue weighted by molar-refractivity contribution is -0.139. The molecule has 3 rings (SSSR count). The average Bonchev–Trinajstić information content (AvgIpc) is 3.31. The molecule has 1 heterocycles. The van der Waals surface area contributed by atoms with E-state index in [0.29, 0.717) is 16.4 Å². The number of benzene rings is 1. The molecule has 0 bridgehead atoms. The van der Waals surface area contributed by atoms with Gasteiger partial charge in [-0.25, -0.2) is 13.6 Å². The molecule has 1 fully saturated rings.